The standard InChI is InChI=1S/C26H23N3O2/c30-25(27-19-14-15-19)21-11-4-6-12-23(21)28-26(31)22-17-29(16-18-8-2-1-3-9-18)24-13-7-5-10-20(22)24/h1-13,17,19H,14-16H2,(H,27,30)(H,28,31). The highest BCUT2D eigenvalue weighted by atomic mass is 16.2. The second-order valence-corrected chi connectivity index (χ2v) is 7.92. The summed E-state index contributed by atoms with van der Waals surface area (Å²) in [5.41, 5.74) is 3.75. The Morgan fingerprint density at radius 2 is 1.52 bits per heavy atom. The first-order valence-electron chi connectivity index (χ1n) is 10.5. The summed E-state index contributed by atoms with van der Waals surface area (Å²) in [6.07, 6.45) is 3.92. The van der Waals surface area contributed by atoms with Crippen LogP contribution in [0.2, 0.25) is 0 Å². The summed E-state index contributed by atoms with van der Waals surface area (Å²) in [5.74, 6) is -0.375. The molecule has 1 fully saturated rings. The van der Waals surface area contributed by atoms with Crippen molar-refractivity contribution in [1.82, 2.24) is 9.88 Å². The van der Waals surface area contributed by atoms with Gasteiger partial charge in [-0.25, -0.2) is 0 Å². The van der Waals surface area contributed by atoms with E-state index < -0.39 is 0 Å². The average Bonchev–Trinajstić information content (AvgIpc) is 3.54. The first-order valence-corrected chi connectivity index (χ1v) is 10.5. The van der Waals surface area contributed by atoms with Crippen LogP contribution in [0.25, 0.3) is 10.9 Å². The molecule has 0 aliphatic heterocycles. The van der Waals surface area contributed by atoms with Crippen molar-refractivity contribution in [2.24, 2.45) is 0 Å². The van der Waals surface area contributed by atoms with Gasteiger partial charge in [-0.3, -0.25) is 9.59 Å². The van der Waals surface area contributed by atoms with Crippen LogP contribution in [0, 0.1) is 0 Å². The lowest BCUT2D eigenvalue weighted by atomic mass is 10.1. The molecule has 0 atom stereocenters. The molecule has 0 radical (unpaired) electrons. The van der Waals surface area contributed by atoms with Crippen LogP contribution in [-0.4, -0.2) is 22.4 Å². The second kappa shape index (κ2) is 8.11. The van der Waals surface area contributed by atoms with Crippen LogP contribution in [0.1, 0.15) is 39.1 Å². The lowest BCUT2D eigenvalue weighted by molar-refractivity contribution is 0.0952. The number of carbonyl (C=O) groups excluding carboxylic acids is 2. The van der Waals surface area contributed by atoms with Gasteiger partial charge in [-0.2, -0.15) is 0 Å². The minimum absolute atomic E-state index is 0.148. The van der Waals surface area contributed by atoms with Crippen LogP contribution < -0.4 is 10.6 Å². The molecule has 5 rings (SSSR count). The fourth-order valence-electron chi connectivity index (χ4n) is 3.81. The van der Waals surface area contributed by atoms with Crippen molar-refractivity contribution in [3.8, 4) is 0 Å². The smallest absolute Gasteiger partial charge is 0.257 e. The predicted octanol–water partition coefficient (Wildman–Crippen LogP) is 4.83. The molecule has 5 heteroatoms. The normalized spacial score (nSPS) is 13.2. The number of nitrogens with zero attached hydrogens (tertiary/aromatic N) is 1. The Hall–Kier alpha value is -3.86. The Balaban J connectivity index is 1.45. The number of aromatic nitrogens is 1. The van der Waals surface area contributed by atoms with Crippen molar-refractivity contribution in [2.75, 3.05) is 5.32 Å². The number of nitrogens with one attached hydrogen (secondary N) is 2. The Morgan fingerprint density at radius 3 is 2.32 bits per heavy atom. The summed E-state index contributed by atoms with van der Waals surface area (Å²) in [5, 5.41) is 6.83. The molecule has 1 aliphatic rings. The molecule has 1 heterocycles. The second-order valence-electron chi connectivity index (χ2n) is 7.92. The molecule has 0 bridgehead atoms. The predicted molar refractivity (Wildman–Crippen MR) is 122 cm³/mol. The van der Waals surface area contributed by atoms with Gasteiger partial charge >= 0.3 is 0 Å². The molecule has 31 heavy (non-hydrogen) atoms. The Morgan fingerprint density at radius 1 is 0.806 bits per heavy atom. The highest BCUT2D eigenvalue weighted by Crippen LogP contribution is 2.25. The summed E-state index contributed by atoms with van der Waals surface area (Å²) in [4.78, 5) is 25.8. The minimum atomic E-state index is -0.227. The van der Waals surface area contributed by atoms with Gasteiger partial charge in [0.2, 0.25) is 0 Å². The van der Waals surface area contributed by atoms with E-state index in [-0.39, 0.29) is 17.9 Å². The van der Waals surface area contributed by atoms with E-state index in [1.54, 1.807) is 12.1 Å². The van der Waals surface area contributed by atoms with E-state index in [0.29, 0.717) is 23.4 Å². The fraction of sp³-hybridized carbons (Fsp3) is 0.154. The fourth-order valence-corrected chi connectivity index (χ4v) is 3.81. The SMILES string of the molecule is O=C(NC1CC1)c1ccccc1NC(=O)c1cn(Cc2ccccc2)c2ccccc12. The number of hydrogen-bond acceptors (Lipinski definition) is 2. The van der Waals surface area contributed by atoms with Crippen molar-refractivity contribution < 1.29 is 9.59 Å². The van der Waals surface area contributed by atoms with Crippen molar-refractivity contribution in [2.45, 2.75) is 25.4 Å². The summed E-state index contributed by atoms with van der Waals surface area (Å²) in [6.45, 7) is 0.676. The van der Waals surface area contributed by atoms with E-state index in [9.17, 15) is 9.59 Å². The lowest BCUT2D eigenvalue weighted by Gasteiger charge is -2.11. The van der Waals surface area contributed by atoms with Crippen LogP contribution in [0.5, 0.6) is 0 Å². The van der Waals surface area contributed by atoms with Crippen molar-refractivity contribution in [1.29, 1.82) is 0 Å². The van der Waals surface area contributed by atoms with Gasteiger partial charge in [0.05, 0.1) is 16.8 Å². The number of hydrogen-bond donors (Lipinski definition) is 2. The number of para-hydroxylation sites is 2. The van der Waals surface area contributed by atoms with E-state index in [1.807, 2.05) is 60.8 Å². The highest BCUT2D eigenvalue weighted by Gasteiger charge is 2.25. The molecule has 2 amide bonds. The molecule has 0 spiro atoms. The third-order valence-electron chi connectivity index (χ3n) is 5.56. The molecule has 1 saturated carbocycles. The largest absolute Gasteiger partial charge is 0.349 e. The lowest BCUT2D eigenvalue weighted by Crippen LogP contribution is -2.27. The van der Waals surface area contributed by atoms with Gasteiger partial charge in [-0.1, -0.05) is 60.7 Å². The third kappa shape index (κ3) is 4.08. The molecule has 2 N–H and O–H groups in total. The van der Waals surface area contributed by atoms with E-state index in [1.165, 1.54) is 0 Å². The summed E-state index contributed by atoms with van der Waals surface area (Å²) in [6, 6.07) is 25.4. The van der Waals surface area contributed by atoms with Crippen LogP contribution in [-0.2, 0) is 6.54 Å². The number of carbonyl (C=O) groups is 2. The molecule has 1 aromatic heterocycles. The Bertz CT molecular complexity index is 1260. The van der Waals surface area contributed by atoms with Crippen LogP contribution in [0.15, 0.2) is 85.1 Å². The van der Waals surface area contributed by atoms with Gasteiger partial charge < -0.3 is 15.2 Å². The topological polar surface area (TPSA) is 63.1 Å². The highest BCUT2D eigenvalue weighted by molar-refractivity contribution is 6.15. The van der Waals surface area contributed by atoms with E-state index in [0.717, 1.165) is 29.3 Å². The monoisotopic (exact) mass is 409 g/mol. The van der Waals surface area contributed by atoms with Crippen molar-refractivity contribution in [3.63, 3.8) is 0 Å². The zero-order valence-corrected chi connectivity index (χ0v) is 17.0. The molecule has 5 nitrogen and oxygen atoms in total. The third-order valence-corrected chi connectivity index (χ3v) is 5.56. The maximum Gasteiger partial charge on any atom is 0.257 e. The summed E-state index contributed by atoms with van der Waals surface area (Å²) in [7, 11) is 0. The van der Waals surface area contributed by atoms with E-state index in [2.05, 4.69) is 27.3 Å². The molecule has 4 aromatic rings. The minimum Gasteiger partial charge on any atom is -0.349 e. The van der Waals surface area contributed by atoms with E-state index >= 15 is 0 Å². The number of anilines is 1. The number of fused-ring (bicyclic) bond motifs is 1. The van der Waals surface area contributed by atoms with Crippen molar-refractivity contribution in [3.05, 3.63) is 102 Å². The van der Waals surface area contributed by atoms with Gasteiger partial charge in [0.25, 0.3) is 11.8 Å². The molecular formula is C26H23N3O2. The van der Waals surface area contributed by atoms with Gasteiger partial charge in [-0.05, 0) is 36.6 Å². The first-order chi connectivity index (χ1) is 15.2. The summed E-state index contributed by atoms with van der Waals surface area (Å²) < 4.78 is 2.09. The molecule has 1 aliphatic carbocycles. The van der Waals surface area contributed by atoms with Gasteiger partial charge in [0.1, 0.15) is 0 Å². The van der Waals surface area contributed by atoms with Crippen LogP contribution >= 0.6 is 0 Å². The molecule has 3 aromatic carbocycles. The van der Waals surface area contributed by atoms with Gasteiger partial charge in [0.15, 0.2) is 0 Å². The van der Waals surface area contributed by atoms with E-state index in [4.69, 9.17) is 0 Å². The average molecular weight is 409 g/mol. The maximum absolute atomic E-state index is 13.2. The first kappa shape index (κ1) is 19.1. The quantitative estimate of drug-likeness (QED) is 0.479. The number of amides is 2. The Kier molecular flexibility index (Phi) is 5.00. The summed E-state index contributed by atoms with van der Waals surface area (Å²) >= 11 is 0. The zero-order chi connectivity index (χ0) is 21.2. The molecular weight excluding hydrogens is 386 g/mol. The maximum atomic E-state index is 13.2. The molecule has 0 saturated heterocycles. The molecule has 0 unspecified atom stereocenters. The number of benzene rings is 3. The Labute approximate surface area is 180 Å². The molecule has 154 valence electrons. The van der Waals surface area contributed by atoms with Gasteiger partial charge in [0, 0.05) is 29.7 Å². The zero-order valence-electron chi connectivity index (χ0n) is 17.0. The van der Waals surface area contributed by atoms with Crippen LogP contribution in [0.4, 0.5) is 5.69 Å². The number of rotatable bonds is 6. The van der Waals surface area contributed by atoms with Crippen LogP contribution in [0.3, 0.4) is 0 Å². The van der Waals surface area contributed by atoms with Crippen molar-refractivity contribution >= 4 is 28.4 Å². The van der Waals surface area contributed by atoms with Gasteiger partial charge in [-0.15, -0.1) is 0 Å².